The third kappa shape index (κ3) is 6.42. The van der Waals surface area contributed by atoms with Crippen LogP contribution in [0, 0.1) is 6.92 Å². The molecule has 0 fully saturated rings. The van der Waals surface area contributed by atoms with Gasteiger partial charge in [0.05, 0.1) is 0 Å². The molecule has 2 N–H and O–H groups in total. The summed E-state index contributed by atoms with van der Waals surface area (Å²) in [6, 6.07) is 16.4. The van der Waals surface area contributed by atoms with Gasteiger partial charge in [-0.1, -0.05) is 42.5 Å². The van der Waals surface area contributed by atoms with Gasteiger partial charge in [-0.25, -0.2) is 0 Å². The van der Waals surface area contributed by atoms with Crippen LogP contribution in [0.1, 0.15) is 17.5 Å². The van der Waals surface area contributed by atoms with Gasteiger partial charge in [0.2, 0.25) is 0 Å². The lowest BCUT2D eigenvalue weighted by atomic mass is 10.1. The summed E-state index contributed by atoms with van der Waals surface area (Å²) in [6.45, 7) is 7.09. The maximum atomic E-state index is 5.45. The molecule has 0 radical (unpaired) electrons. The Morgan fingerprint density at radius 3 is 2.50 bits per heavy atom. The van der Waals surface area contributed by atoms with Gasteiger partial charge in [-0.2, -0.15) is 0 Å². The Balaban J connectivity index is 1.67. The number of aryl methyl sites for hydroxylation is 2. The highest BCUT2D eigenvalue weighted by molar-refractivity contribution is 7.80. The molecule has 0 atom stereocenters. The molecule has 0 heterocycles. The van der Waals surface area contributed by atoms with Crippen molar-refractivity contribution in [2.75, 3.05) is 18.5 Å². The van der Waals surface area contributed by atoms with Crippen molar-refractivity contribution in [3.8, 4) is 5.75 Å². The predicted octanol–water partition coefficient (Wildman–Crippen LogP) is 4.48. The zero-order valence-electron chi connectivity index (χ0n) is 14.0. The van der Waals surface area contributed by atoms with E-state index in [1.807, 2.05) is 24.3 Å². The maximum absolute atomic E-state index is 5.45. The normalized spacial score (nSPS) is 10.0. The van der Waals surface area contributed by atoms with Crippen LogP contribution < -0.4 is 15.4 Å². The number of thiocarbonyl (C=S) groups is 1. The summed E-state index contributed by atoms with van der Waals surface area (Å²) in [5, 5.41) is 7.05. The quantitative estimate of drug-likeness (QED) is 0.422. The smallest absolute Gasteiger partial charge is 0.170 e. The second kappa shape index (κ2) is 9.73. The van der Waals surface area contributed by atoms with Crippen molar-refractivity contribution in [3.63, 3.8) is 0 Å². The first-order valence-corrected chi connectivity index (χ1v) is 8.52. The first-order valence-electron chi connectivity index (χ1n) is 8.11. The molecular formula is C20H24N2OS. The van der Waals surface area contributed by atoms with E-state index in [-0.39, 0.29) is 0 Å². The summed E-state index contributed by atoms with van der Waals surface area (Å²) >= 11 is 5.32. The lowest BCUT2D eigenvalue weighted by Crippen LogP contribution is -2.29. The van der Waals surface area contributed by atoms with Crippen molar-refractivity contribution in [3.05, 3.63) is 72.3 Å². The van der Waals surface area contributed by atoms with Gasteiger partial charge in [-0.15, -0.1) is 0 Å². The Kier molecular flexibility index (Phi) is 7.30. The van der Waals surface area contributed by atoms with Crippen LogP contribution in [0.25, 0.3) is 0 Å². The first kappa shape index (κ1) is 18.0. The fourth-order valence-corrected chi connectivity index (χ4v) is 2.43. The van der Waals surface area contributed by atoms with E-state index in [0.29, 0.717) is 11.7 Å². The number of anilines is 1. The number of hydrogen-bond donors (Lipinski definition) is 2. The highest BCUT2D eigenvalue weighted by atomic mass is 32.1. The van der Waals surface area contributed by atoms with Gasteiger partial charge in [0.15, 0.2) is 5.11 Å². The summed E-state index contributed by atoms with van der Waals surface area (Å²) in [4.78, 5) is 0. The molecule has 0 aliphatic carbocycles. The molecule has 4 heteroatoms. The molecule has 3 nitrogen and oxygen atoms in total. The molecule has 0 aliphatic rings. The molecule has 24 heavy (non-hydrogen) atoms. The molecular weight excluding hydrogens is 316 g/mol. The molecule has 0 aliphatic heterocycles. The third-order valence-corrected chi connectivity index (χ3v) is 3.77. The van der Waals surface area contributed by atoms with Gasteiger partial charge in [-0.05, 0) is 61.8 Å². The zero-order chi connectivity index (χ0) is 17.2. The molecule has 0 unspecified atom stereocenters. The molecule has 2 aromatic carbocycles. The van der Waals surface area contributed by atoms with E-state index in [2.05, 4.69) is 48.4 Å². The van der Waals surface area contributed by atoms with Crippen molar-refractivity contribution in [2.24, 2.45) is 0 Å². The lowest BCUT2D eigenvalue weighted by molar-refractivity contribution is 0.363. The molecule has 126 valence electrons. The molecule has 0 amide bonds. The van der Waals surface area contributed by atoms with E-state index in [1.165, 1.54) is 11.1 Å². The molecule has 0 spiro atoms. The van der Waals surface area contributed by atoms with Crippen molar-refractivity contribution >= 4 is 23.0 Å². The highest BCUT2D eigenvalue weighted by Crippen LogP contribution is 2.15. The van der Waals surface area contributed by atoms with Gasteiger partial charge in [0.1, 0.15) is 12.4 Å². The fourth-order valence-electron chi connectivity index (χ4n) is 2.21. The molecule has 2 aromatic rings. The minimum atomic E-state index is 0.508. The monoisotopic (exact) mass is 340 g/mol. The molecule has 2 rings (SSSR count). The van der Waals surface area contributed by atoms with Gasteiger partial charge in [0, 0.05) is 12.2 Å². The summed E-state index contributed by atoms with van der Waals surface area (Å²) < 4.78 is 5.45. The van der Waals surface area contributed by atoms with Gasteiger partial charge in [0.25, 0.3) is 0 Å². The summed E-state index contributed by atoms with van der Waals surface area (Å²) in [5.41, 5.74) is 3.59. The van der Waals surface area contributed by atoms with Gasteiger partial charge >= 0.3 is 0 Å². The first-order chi connectivity index (χ1) is 11.7. The minimum Gasteiger partial charge on any atom is -0.490 e. The largest absolute Gasteiger partial charge is 0.490 e. The molecule has 0 saturated carbocycles. The molecule has 0 bridgehead atoms. The number of ether oxygens (including phenoxy) is 1. The Labute approximate surface area is 149 Å². The third-order valence-electron chi connectivity index (χ3n) is 3.53. The van der Waals surface area contributed by atoms with E-state index < -0.39 is 0 Å². The SMILES string of the molecule is C=CCOc1ccc(NC(=S)NCCCc2ccc(C)cc2)cc1. The summed E-state index contributed by atoms with van der Waals surface area (Å²) in [7, 11) is 0. The van der Waals surface area contributed by atoms with E-state index >= 15 is 0 Å². The second-order valence-corrected chi connectivity index (χ2v) is 6.00. The molecule has 0 saturated heterocycles. The average molecular weight is 340 g/mol. The minimum absolute atomic E-state index is 0.508. The lowest BCUT2D eigenvalue weighted by Gasteiger charge is -2.11. The van der Waals surface area contributed by atoms with Crippen molar-refractivity contribution < 1.29 is 4.74 Å². The molecule has 0 aromatic heterocycles. The van der Waals surface area contributed by atoms with Crippen LogP contribution in [0.3, 0.4) is 0 Å². The van der Waals surface area contributed by atoms with Crippen LogP contribution in [0.4, 0.5) is 5.69 Å². The number of nitrogens with one attached hydrogen (secondary N) is 2. The average Bonchev–Trinajstić information content (AvgIpc) is 2.60. The van der Waals surface area contributed by atoms with Crippen LogP contribution in [0.15, 0.2) is 61.2 Å². The predicted molar refractivity (Wildman–Crippen MR) is 106 cm³/mol. The second-order valence-electron chi connectivity index (χ2n) is 5.59. The Hall–Kier alpha value is -2.33. The standard InChI is InChI=1S/C20H24N2OS/c1-3-15-23-19-12-10-18(11-13-19)22-20(24)21-14-4-5-17-8-6-16(2)7-9-17/h3,6-13H,1,4-5,14-15H2,2H3,(H2,21,22,24). The van der Waals surface area contributed by atoms with Gasteiger partial charge < -0.3 is 15.4 Å². The zero-order valence-corrected chi connectivity index (χ0v) is 14.9. The topological polar surface area (TPSA) is 33.3 Å². The number of rotatable bonds is 8. The summed E-state index contributed by atoms with van der Waals surface area (Å²) in [6.07, 6.45) is 3.81. The van der Waals surface area contributed by atoms with Crippen LogP contribution in [-0.4, -0.2) is 18.3 Å². The van der Waals surface area contributed by atoms with Crippen LogP contribution >= 0.6 is 12.2 Å². The summed E-state index contributed by atoms with van der Waals surface area (Å²) in [5.74, 6) is 0.817. The van der Waals surface area contributed by atoms with E-state index in [0.717, 1.165) is 30.8 Å². The Bertz CT molecular complexity index is 650. The van der Waals surface area contributed by atoms with Crippen molar-refractivity contribution in [2.45, 2.75) is 19.8 Å². The van der Waals surface area contributed by atoms with Crippen LogP contribution in [-0.2, 0) is 6.42 Å². The van der Waals surface area contributed by atoms with E-state index in [4.69, 9.17) is 17.0 Å². The van der Waals surface area contributed by atoms with Gasteiger partial charge in [-0.3, -0.25) is 0 Å². The number of benzene rings is 2. The van der Waals surface area contributed by atoms with E-state index in [9.17, 15) is 0 Å². The van der Waals surface area contributed by atoms with Crippen LogP contribution in [0.2, 0.25) is 0 Å². The maximum Gasteiger partial charge on any atom is 0.170 e. The number of hydrogen-bond acceptors (Lipinski definition) is 2. The van der Waals surface area contributed by atoms with Crippen LogP contribution in [0.5, 0.6) is 5.75 Å². The van der Waals surface area contributed by atoms with E-state index in [1.54, 1.807) is 6.08 Å². The van der Waals surface area contributed by atoms with Crippen molar-refractivity contribution in [1.29, 1.82) is 0 Å². The fraction of sp³-hybridized carbons (Fsp3) is 0.250. The Morgan fingerprint density at radius 2 is 1.83 bits per heavy atom. The van der Waals surface area contributed by atoms with Crippen molar-refractivity contribution in [1.82, 2.24) is 5.32 Å². The highest BCUT2D eigenvalue weighted by Gasteiger charge is 1.99. The Morgan fingerprint density at radius 1 is 1.12 bits per heavy atom.